The van der Waals surface area contributed by atoms with Crippen LogP contribution in [-0.2, 0) is 9.47 Å². The zero-order chi connectivity index (χ0) is 11.0. The van der Waals surface area contributed by atoms with Gasteiger partial charge in [0.15, 0.2) is 0 Å². The summed E-state index contributed by atoms with van der Waals surface area (Å²) in [4.78, 5) is 0. The molecule has 3 rings (SSSR count). The Kier molecular flexibility index (Phi) is 2.94. The molecule has 1 N–H and O–H groups in total. The third-order valence-electron chi connectivity index (χ3n) is 4.43. The van der Waals surface area contributed by atoms with Crippen LogP contribution in [0.2, 0.25) is 0 Å². The van der Waals surface area contributed by atoms with Crippen LogP contribution in [0.4, 0.5) is 0 Å². The molecule has 4 atom stereocenters. The molecule has 0 aromatic carbocycles. The Labute approximate surface area is 97.9 Å². The number of ether oxygens (including phenoxy) is 2. The van der Waals surface area contributed by atoms with Crippen LogP contribution in [0, 0.1) is 5.92 Å². The molecule has 0 aromatic heterocycles. The number of rotatable bonds is 0. The van der Waals surface area contributed by atoms with Crippen LogP contribution in [0.5, 0.6) is 0 Å². The van der Waals surface area contributed by atoms with Crippen LogP contribution in [0.15, 0.2) is 0 Å². The van der Waals surface area contributed by atoms with Crippen molar-refractivity contribution in [3.8, 4) is 0 Å². The van der Waals surface area contributed by atoms with E-state index in [1.54, 1.807) is 0 Å². The molecule has 3 aliphatic rings. The SMILES string of the molecule is CC1CCCC2(CNC3COCCC3O2)C1. The van der Waals surface area contributed by atoms with Crippen molar-refractivity contribution >= 4 is 0 Å². The van der Waals surface area contributed by atoms with Crippen molar-refractivity contribution in [2.75, 3.05) is 19.8 Å². The summed E-state index contributed by atoms with van der Waals surface area (Å²) in [5, 5.41) is 3.65. The van der Waals surface area contributed by atoms with E-state index in [2.05, 4.69) is 12.2 Å². The molecule has 0 aromatic rings. The average Bonchev–Trinajstić information content (AvgIpc) is 2.28. The molecule has 2 heterocycles. The Hall–Kier alpha value is -0.120. The minimum atomic E-state index is 0.149. The first-order valence-corrected chi connectivity index (χ1v) is 6.76. The highest BCUT2D eigenvalue weighted by Gasteiger charge is 2.44. The summed E-state index contributed by atoms with van der Waals surface area (Å²) in [6.07, 6.45) is 6.65. The highest BCUT2D eigenvalue weighted by atomic mass is 16.5. The minimum Gasteiger partial charge on any atom is -0.380 e. The van der Waals surface area contributed by atoms with Crippen LogP contribution in [-0.4, -0.2) is 37.5 Å². The zero-order valence-electron chi connectivity index (χ0n) is 10.2. The second-order valence-corrected chi connectivity index (χ2v) is 5.89. The van der Waals surface area contributed by atoms with Gasteiger partial charge < -0.3 is 14.8 Å². The quantitative estimate of drug-likeness (QED) is 0.681. The van der Waals surface area contributed by atoms with Crippen molar-refractivity contribution in [1.29, 1.82) is 0 Å². The molecule has 1 spiro atoms. The second kappa shape index (κ2) is 4.28. The van der Waals surface area contributed by atoms with Gasteiger partial charge in [-0.05, 0) is 25.2 Å². The molecule has 1 saturated carbocycles. The number of morpholine rings is 1. The summed E-state index contributed by atoms with van der Waals surface area (Å²) in [5.74, 6) is 0.826. The molecule has 16 heavy (non-hydrogen) atoms. The first kappa shape index (κ1) is 11.0. The van der Waals surface area contributed by atoms with Crippen LogP contribution >= 0.6 is 0 Å². The lowest BCUT2D eigenvalue weighted by Crippen LogP contribution is -2.63. The highest BCUT2D eigenvalue weighted by Crippen LogP contribution is 2.38. The third-order valence-corrected chi connectivity index (χ3v) is 4.43. The maximum Gasteiger partial charge on any atom is 0.0813 e. The molecule has 2 aliphatic heterocycles. The van der Waals surface area contributed by atoms with Gasteiger partial charge in [-0.2, -0.15) is 0 Å². The maximum atomic E-state index is 6.45. The number of hydrogen-bond acceptors (Lipinski definition) is 3. The monoisotopic (exact) mass is 225 g/mol. The Bertz CT molecular complexity index is 258. The summed E-state index contributed by atoms with van der Waals surface area (Å²) < 4.78 is 11.9. The second-order valence-electron chi connectivity index (χ2n) is 5.89. The Morgan fingerprint density at radius 3 is 3.12 bits per heavy atom. The molecule has 92 valence electrons. The van der Waals surface area contributed by atoms with E-state index >= 15 is 0 Å². The Balaban J connectivity index is 1.68. The molecule has 0 bridgehead atoms. The van der Waals surface area contributed by atoms with Crippen molar-refractivity contribution in [3.63, 3.8) is 0 Å². The number of hydrogen-bond donors (Lipinski definition) is 1. The fraction of sp³-hybridized carbons (Fsp3) is 1.00. The molecule has 2 saturated heterocycles. The van der Waals surface area contributed by atoms with Gasteiger partial charge >= 0.3 is 0 Å². The van der Waals surface area contributed by atoms with Crippen molar-refractivity contribution in [1.82, 2.24) is 5.32 Å². The van der Waals surface area contributed by atoms with Crippen molar-refractivity contribution < 1.29 is 9.47 Å². The molecule has 0 radical (unpaired) electrons. The van der Waals surface area contributed by atoms with E-state index in [1.807, 2.05) is 0 Å². The van der Waals surface area contributed by atoms with Crippen LogP contribution < -0.4 is 5.32 Å². The van der Waals surface area contributed by atoms with Crippen LogP contribution in [0.25, 0.3) is 0 Å². The topological polar surface area (TPSA) is 30.5 Å². The van der Waals surface area contributed by atoms with Crippen LogP contribution in [0.3, 0.4) is 0 Å². The standard InChI is InChI=1S/C13H23NO2/c1-10-3-2-5-13(7-10)9-14-11-8-15-6-4-12(11)16-13/h10-12,14H,2-9H2,1H3. The summed E-state index contributed by atoms with van der Waals surface area (Å²) in [6.45, 7) is 5.09. The van der Waals surface area contributed by atoms with Gasteiger partial charge in [0.05, 0.1) is 24.4 Å². The number of fused-ring (bicyclic) bond motifs is 1. The first-order valence-electron chi connectivity index (χ1n) is 6.76. The fourth-order valence-corrected chi connectivity index (χ4v) is 3.61. The van der Waals surface area contributed by atoms with Crippen molar-refractivity contribution in [2.45, 2.75) is 56.8 Å². The van der Waals surface area contributed by atoms with E-state index in [4.69, 9.17) is 9.47 Å². The van der Waals surface area contributed by atoms with E-state index in [0.717, 1.165) is 32.1 Å². The predicted octanol–water partition coefficient (Wildman–Crippen LogP) is 1.71. The van der Waals surface area contributed by atoms with E-state index in [9.17, 15) is 0 Å². The van der Waals surface area contributed by atoms with Gasteiger partial charge in [-0.25, -0.2) is 0 Å². The normalized spacial score (nSPS) is 48.9. The fourth-order valence-electron chi connectivity index (χ4n) is 3.61. The summed E-state index contributed by atoms with van der Waals surface area (Å²) in [7, 11) is 0. The molecule has 1 aliphatic carbocycles. The molecule has 3 heteroatoms. The first-order chi connectivity index (χ1) is 7.77. The van der Waals surface area contributed by atoms with Crippen molar-refractivity contribution in [2.24, 2.45) is 5.92 Å². The lowest BCUT2D eigenvalue weighted by Gasteiger charge is -2.50. The van der Waals surface area contributed by atoms with Gasteiger partial charge in [-0.3, -0.25) is 0 Å². The molecule has 0 amide bonds. The highest BCUT2D eigenvalue weighted by molar-refractivity contribution is 4.97. The summed E-state index contributed by atoms with van der Waals surface area (Å²) in [6, 6.07) is 0.441. The third kappa shape index (κ3) is 2.01. The van der Waals surface area contributed by atoms with E-state index in [1.165, 1.54) is 25.7 Å². The van der Waals surface area contributed by atoms with Gasteiger partial charge in [0, 0.05) is 13.2 Å². The maximum absolute atomic E-state index is 6.45. The molecule has 3 nitrogen and oxygen atoms in total. The smallest absolute Gasteiger partial charge is 0.0813 e. The van der Waals surface area contributed by atoms with E-state index in [-0.39, 0.29) is 5.60 Å². The van der Waals surface area contributed by atoms with Crippen LogP contribution in [0.1, 0.15) is 39.0 Å². The minimum absolute atomic E-state index is 0.149. The molecular formula is C13H23NO2. The van der Waals surface area contributed by atoms with Gasteiger partial charge in [0.25, 0.3) is 0 Å². The lowest BCUT2D eigenvalue weighted by molar-refractivity contribution is -0.184. The van der Waals surface area contributed by atoms with Crippen molar-refractivity contribution in [3.05, 3.63) is 0 Å². The molecular weight excluding hydrogens is 202 g/mol. The van der Waals surface area contributed by atoms with Gasteiger partial charge in [0.1, 0.15) is 0 Å². The van der Waals surface area contributed by atoms with Gasteiger partial charge in [-0.1, -0.05) is 19.8 Å². The average molecular weight is 225 g/mol. The lowest BCUT2D eigenvalue weighted by atomic mass is 9.77. The van der Waals surface area contributed by atoms with Gasteiger partial charge in [0.2, 0.25) is 0 Å². The Morgan fingerprint density at radius 1 is 1.31 bits per heavy atom. The van der Waals surface area contributed by atoms with E-state index < -0.39 is 0 Å². The summed E-state index contributed by atoms with van der Waals surface area (Å²) >= 11 is 0. The number of nitrogens with one attached hydrogen (secondary N) is 1. The Morgan fingerprint density at radius 2 is 2.25 bits per heavy atom. The van der Waals surface area contributed by atoms with Gasteiger partial charge in [-0.15, -0.1) is 0 Å². The molecule has 4 unspecified atom stereocenters. The zero-order valence-corrected chi connectivity index (χ0v) is 10.2. The molecule has 3 fully saturated rings. The predicted molar refractivity (Wildman–Crippen MR) is 62.5 cm³/mol. The summed E-state index contributed by atoms with van der Waals surface area (Å²) in [5.41, 5.74) is 0.149. The van der Waals surface area contributed by atoms with E-state index in [0.29, 0.717) is 12.1 Å². The largest absolute Gasteiger partial charge is 0.380 e.